The third kappa shape index (κ3) is 4.01. The van der Waals surface area contributed by atoms with Crippen LogP contribution >= 0.6 is 0 Å². The number of nitro groups is 1. The van der Waals surface area contributed by atoms with Crippen molar-refractivity contribution in [1.29, 1.82) is 0 Å². The van der Waals surface area contributed by atoms with Crippen LogP contribution in [0.15, 0.2) is 24.3 Å². The van der Waals surface area contributed by atoms with Gasteiger partial charge in [-0.2, -0.15) is 0 Å². The molecule has 0 spiro atoms. The number of rotatable bonds is 6. The quantitative estimate of drug-likeness (QED) is 0.644. The van der Waals surface area contributed by atoms with E-state index in [4.69, 9.17) is 0 Å². The third-order valence-corrected chi connectivity index (χ3v) is 3.71. The summed E-state index contributed by atoms with van der Waals surface area (Å²) in [5, 5.41) is 14.0. The van der Waals surface area contributed by atoms with E-state index in [9.17, 15) is 14.9 Å². The summed E-state index contributed by atoms with van der Waals surface area (Å²) < 4.78 is 0. The van der Waals surface area contributed by atoms with Gasteiger partial charge < -0.3 is 10.2 Å². The summed E-state index contributed by atoms with van der Waals surface area (Å²) in [5.41, 5.74) is 0.512. The van der Waals surface area contributed by atoms with Crippen molar-refractivity contribution in [2.45, 2.75) is 32.2 Å². The molecular formula is C15H21N3O3. The molecule has 1 fully saturated rings. The Labute approximate surface area is 124 Å². The van der Waals surface area contributed by atoms with Gasteiger partial charge in [-0.15, -0.1) is 0 Å². The zero-order valence-electron chi connectivity index (χ0n) is 12.2. The Bertz CT molecular complexity index is 495. The SMILES string of the molecule is CCCN(CC1CCCN1)C(=O)c1ccc([N+](=O)[O-])cc1. The van der Waals surface area contributed by atoms with Gasteiger partial charge in [-0.1, -0.05) is 6.92 Å². The van der Waals surface area contributed by atoms with Crippen LogP contribution in [-0.4, -0.2) is 41.4 Å². The molecule has 1 atom stereocenters. The van der Waals surface area contributed by atoms with Gasteiger partial charge in [-0.25, -0.2) is 0 Å². The molecule has 6 nitrogen and oxygen atoms in total. The second kappa shape index (κ2) is 7.17. The molecule has 0 saturated carbocycles. The topological polar surface area (TPSA) is 75.5 Å². The monoisotopic (exact) mass is 291 g/mol. The van der Waals surface area contributed by atoms with Crippen molar-refractivity contribution in [1.82, 2.24) is 10.2 Å². The lowest BCUT2D eigenvalue weighted by atomic mass is 10.1. The first-order valence-corrected chi connectivity index (χ1v) is 7.39. The lowest BCUT2D eigenvalue weighted by Crippen LogP contribution is -2.41. The minimum atomic E-state index is -0.458. The minimum Gasteiger partial charge on any atom is -0.337 e. The van der Waals surface area contributed by atoms with E-state index in [2.05, 4.69) is 5.32 Å². The number of carbonyl (C=O) groups is 1. The number of hydrogen-bond donors (Lipinski definition) is 1. The van der Waals surface area contributed by atoms with E-state index in [-0.39, 0.29) is 11.6 Å². The van der Waals surface area contributed by atoms with E-state index in [0.717, 1.165) is 25.8 Å². The molecule has 1 amide bonds. The van der Waals surface area contributed by atoms with Crippen molar-refractivity contribution < 1.29 is 9.72 Å². The lowest BCUT2D eigenvalue weighted by molar-refractivity contribution is -0.384. The van der Waals surface area contributed by atoms with Gasteiger partial charge in [0.25, 0.3) is 11.6 Å². The number of non-ortho nitro benzene ring substituents is 1. The molecule has 1 aliphatic rings. The van der Waals surface area contributed by atoms with Crippen LogP contribution < -0.4 is 5.32 Å². The number of amides is 1. The van der Waals surface area contributed by atoms with Crippen LogP contribution in [0.5, 0.6) is 0 Å². The van der Waals surface area contributed by atoms with E-state index >= 15 is 0 Å². The fourth-order valence-electron chi connectivity index (χ4n) is 2.63. The maximum Gasteiger partial charge on any atom is 0.269 e. The lowest BCUT2D eigenvalue weighted by Gasteiger charge is -2.25. The van der Waals surface area contributed by atoms with Gasteiger partial charge in [-0.05, 0) is 37.9 Å². The zero-order valence-corrected chi connectivity index (χ0v) is 12.2. The summed E-state index contributed by atoms with van der Waals surface area (Å²) in [5.74, 6) is -0.0551. The molecule has 6 heteroatoms. The average molecular weight is 291 g/mol. The molecule has 21 heavy (non-hydrogen) atoms. The highest BCUT2D eigenvalue weighted by Gasteiger charge is 2.22. The number of nitrogens with one attached hydrogen (secondary N) is 1. The molecule has 114 valence electrons. The highest BCUT2D eigenvalue weighted by atomic mass is 16.6. The van der Waals surface area contributed by atoms with Gasteiger partial charge in [0, 0.05) is 36.8 Å². The minimum absolute atomic E-state index is 0.00560. The number of benzene rings is 1. The van der Waals surface area contributed by atoms with Gasteiger partial charge in [0.1, 0.15) is 0 Å². The van der Waals surface area contributed by atoms with Crippen molar-refractivity contribution in [3.8, 4) is 0 Å². The number of hydrogen-bond acceptors (Lipinski definition) is 4. The Morgan fingerprint density at radius 2 is 2.14 bits per heavy atom. The predicted octanol–water partition coefficient (Wildman–Crippen LogP) is 2.20. The molecule has 1 N–H and O–H groups in total. The van der Waals surface area contributed by atoms with Crippen LogP contribution in [0.3, 0.4) is 0 Å². The summed E-state index contributed by atoms with van der Waals surface area (Å²) in [6.07, 6.45) is 3.13. The number of nitrogens with zero attached hydrogens (tertiary/aromatic N) is 2. The second-order valence-corrected chi connectivity index (χ2v) is 5.35. The van der Waals surface area contributed by atoms with Gasteiger partial charge >= 0.3 is 0 Å². The van der Waals surface area contributed by atoms with Gasteiger partial charge in [0.2, 0.25) is 0 Å². The smallest absolute Gasteiger partial charge is 0.269 e. The Kier molecular flexibility index (Phi) is 5.27. The number of nitro benzene ring substituents is 1. The zero-order chi connectivity index (χ0) is 15.2. The first kappa shape index (κ1) is 15.4. The summed E-state index contributed by atoms with van der Waals surface area (Å²) in [6.45, 7) is 4.45. The van der Waals surface area contributed by atoms with E-state index < -0.39 is 4.92 Å². The van der Waals surface area contributed by atoms with Crippen molar-refractivity contribution >= 4 is 11.6 Å². The second-order valence-electron chi connectivity index (χ2n) is 5.35. The molecule has 0 radical (unpaired) electrons. The molecular weight excluding hydrogens is 270 g/mol. The summed E-state index contributed by atoms with van der Waals surface area (Å²) in [6, 6.07) is 6.19. The van der Waals surface area contributed by atoms with E-state index in [0.29, 0.717) is 24.7 Å². The molecule has 1 aromatic rings. The molecule has 0 aromatic heterocycles. The largest absolute Gasteiger partial charge is 0.337 e. The summed E-state index contributed by atoms with van der Waals surface area (Å²) in [4.78, 5) is 24.6. The fraction of sp³-hybridized carbons (Fsp3) is 0.533. The molecule has 1 aliphatic heterocycles. The Hall–Kier alpha value is -1.95. The normalized spacial score (nSPS) is 17.7. The van der Waals surface area contributed by atoms with Gasteiger partial charge in [-0.3, -0.25) is 14.9 Å². The first-order valence-electron chi connectivity index (χ1n) is 7.39. The maximum absolute atomic E-state index is 12.5. The van der Waals surface area contributed by atoms with Gasteiger partial charge in [0.15, 0.2) is 0 Å². The summed E-state index contributed by atoms with van der Waals surface area (Å²) in [7, 11) is 0. The molecule has 1 heterocycles. The van der Waals surface area contributed by atoms with Crippen LogP contribution in [-0.2, 0) is 0 Å². The van der Waals surface area contributed by atoms with Crippen LogP contribution in [0.1, 0.15) is 36.5 Å². The Morgan fingerprint density at radius 3 is 2.67 bits per heavy atom. The van der Waals surface area contributed by atoms with E-state index in [1.165, 1.54) is 24.3 Å². The van der Waals surface area contributed by atoms with Crippen LogP contribution in [0, 0.1) is 10.1 Å². The van der Waals surface area contributed by atoms with E-state index in [1.54, 1.807) is 0 Å². The molecule has 0 bridgehead atoms. The van der Waals surface area contributed by atoms with Crippen LogP contribution in [0.4, 0.5) is 5.69 Å². The highest BCUT2D eigenvalue weighted by Crippen LogP contribution is 2.15. The molecule has 0 aliphatic carbocycles. The van der Waals surface area contributed by atoms with Crippen molar-refractivity contribution in [2.75, 3.05) is 19.6 Å². The molecule has 1 unspecified atom stereocenters. The number of carbonyl (C=O) groups excluding carboxylic acids is 1. The average Bonchev–Trinajstić information content (AvgIpc) is 2.99. The summed E-state index contributed by atoms with van der Waals surface area (Å²) >= 11 is 0. The highest BCUT2D eigenvalue weighted by molar-refractivity contribution is 5.94. The Morgan fingerprint density at radius 1 is 1.43 bits per heavy atom. The van der Waals surface area contributed by atoms with Crippen LogP contribution in [0.25, 0.3) is 0 Å². The molecule has 2 rings (SSSR count). The fourth-order valence-corrected chi connectivity index (χ4v) is 2.63. The Balaban J connectivity index is 2.07. The van der Waals surface area contributed by atoms with Crippen LogP contribution in [0.2, 0.25) is 0 Å². The maximum atomic E-state index is 12.5. The van der Waals surface area contributed by atoms with Gasteiger partial charge in [0.05, 0.1) is 4.92 Å². The molecule has 1 saturated heterocycles. The third-order valence-electron chi connectivity index (χ3n) is 3.71. The van der Waals surface area contributed by atoms with Crippen molar-refractivity contribution in [3.63, 3.8) is 0 Å². The standard InChI is InChI=1S/C15H21N3O3/c1-2-10-17(11-13-4-3-9-16-13)15(19)12-5-7-14(8-6-12)18(20)21/h5-8,13,16H,2-4,9-11H2,1H3. The van der Waals surface area contributed by atoms with Crippen molar-refractivity contribution in [2.24, 2.45) is 0 Å². The van der Waals surface area contributed by atoms with E-state index in [1.807, 2.05) is 11.8 Å². The first-order chi connectivity index (χ1) is 10.1. The molecule has 1 aromatic carbocycles. The predicted molar refractivity (Wildman–Crippen MR) is 80.3 cm³/mol. The van der Waals surface area contributed by atoms with Crippen molar-refractivity contribution in [3.05, 3.63) is 39.9 Å².